The van der Waals surface area contributed by atoms with Gasteiger partial charge in [0.1, 0.15) is 5.82 Å². The monoisotopic (exact) mass is 230 g/mol. The zero-order valence-corrected chi connectivity index (χ0v) is 10.3. The van der Waals surface area contributed by atoms with Crippen molar-refractivity contribution in [2.75, 3.05) is 0 Å². The molecule has 2 N–H and O–H groups in total. The fraction of sp³-hybridized carbons (Fsp3) is 0.385. The average molecular weight is 230 g/mol. The van der Waals surface area contributed by atoms with Crippen molar-refractivity contribution in [2.24, 2.45) is 12.8 Å². The Morgan fingerprint density at radius 1 is 1.35 bits per heavy atom. The quantitative estimate of drug-likeness (QED) is 0.870. The summed E-state index contributed by atoms with van der Waals surface area (Å²) < 4.78 is 2.03. The van der Waals surface area contributed by atoms with E-state index in [4.69, 9.17) is 5.73 Å². The van der Waals surface area contributed by atoms with Crippen LogP contribution in [0.2, 0.25) is 0 Å². The second kappa shape index (κ2) is 5.10. The molecule has 0 aliphatic heterocycles. The summed E-state index contributed by atoms with van der Waals surface area (Å²) in [5.74, 6) is 1.07. The molecule has 0 saturated heterocycles. The van der Waals surface area contributed by atoms with Crippen molar-refractivity contribution < 1.29 is 0 Å². The molecule has 0 spiro atoms. The number of hydrogen-bond donors (Lipinski definition) is 1. The number of nitrogens with zero attached hydrogens (tertiary/aromatic N) is 3. The van der Waals surface area contributed by atoms with Gasteiger partial charge in [-0.1, -0.05) is 6.07 Å². The van der Waals surface area contributed by atoms with Crippen molar-refractivity contribution in [2.45, 2.75) is 25.8 Å². The van der Waals surface area contributed by atoms with Crippen LogP contribution < -0.4 is 5.73 Å². The topological polar surface area (TPSA) is 56.7 Å². The van der Waals surface area contributed by atoms with E-state index in [0.717, 1.165) is 29.9 Å². The van der Waals surface area contributed by atoms with Crippen LogP contribution >= 0.6 is 0 Å². The number of nitrogens with two attached hydrogens (primary N) is 1. The van der Waals surface area contributed by atoms with Crippen molar-refractivity contribution in [3.05, 3.63) is 47.8 Å². The highest BCUT2D eigenvalue weighted by atomic mass is 15.0. The standard InChI is InChI=1S/C13H18N4/c1-10-11(4-3-7-15-10)12(14)5-6-13-16-8-9-17(13)2/h3-4,7-9,12H,5-6,14H2,1-2H3. The van der Waals surface area contributed by atoms with Gasteiger partial charge in [-0.05, 0) is 25.0 Å². The van der Waals surface area contributed by atoms with Crippen LogP contribution in [0.5, 0.6) is 0 Å². The van der Waals surface area contributed by atoms with Gasteiger partial charge in [0.2, 0.25) is 0 Å². The van der Waals surface area contributed by atoms with Crippen LogP contribution in [0.1, 0.15) is 29.5 Å². The van der Waals surface area contributed by atoms with Crippen LogP contribution in [0.4, 0.5) is 0 Å². The van der Waals surface area contributed by atoms with Crippen molar-refractivity contribution in [1.29, 1.82) is 0 Å². The third kappa shape index (κ3) is 2.71. The first kappa shape index (κ1) is 11.8. The lowest BCUT2D eigenvalue weighted by Gasteiger charge is -2.13. The summed E-state index contributed by atoms with van der Waals surface area (Å²) in [6.07, 6.45) is 7.34. The van der Waals surface area contributed by atoms with Crippen LogP contribution in [0.15, 0.2) is 30.7 Å². The van der Waals surface area contributed by atoms with Crippen molar-refractivity contribution in [1.82, 2.24) is 14.5 Å². The van der Waals surface area contributed by atoms with E-state index in [-0.39, 0.29) is 6.04 Å². The molecule has 1 unspecified atom stereocenters. The number of aryl methyl sites for hydroxylation is 3. The number of aromatic nitrogens is 3. The highest BCUT2D eigenvalue weighted by Crippen LogP contribution is 2.18. The Morgan fingerprint density at radius 3 is 2.82 bits per heavy atom. The third-order valence-electron chi connectivity index (χ3n) is 3.05. The molecule has 0 aliphatic carbocycles. The summed E-state index contributed by atoms with van der Waals surface area (Å²) in [6, 6.07) is 4.01. The molecule has 2 heterocycles. The molecular formula is C13H18N4. The molecule has 1 atom stereocenters. The Hall–Kier alpha value is -1.68. The van der Waals surface area contributed by atoms with Gasteiger partial charge in [0.15, 0.2) is 0 Å². The molecule has 0 fully saturated rings. The number of imidazole rings is 1. The summed E-state index contributed by atoms with van der Waals surface area (Å²) in [4.78, 5) is 8.56. The van der Waals surface area contributed by atoms with E-state index < -0.39 is 0 Å². The lowest BCUT2D eigenvalue weighted by molar-refractivity contribution is 0.615. The number of pyridine rings is 1. The number of rotatable bonds is 4. The van der Waals surface area contributed by atoms with Crippen LogP contribution in [-0.4, -0.2) is 14.5 Å². The molecule has 0 saturated carbocycles. The number of hydrogen-bond acceptors (Lipinski definition) is 3. The van der Waals surface area contributed by atoms with E-state index in [1.54, 1.807) is 6.20 Å². The summed E-state index contributed by atoms with van der Waals surface area (Å²) in [5.41, 5.74) is 8.33. The normalized spacial score (nSPS) is 12.6. The van der Waals surface area contributed by atoms with Crippen molar-refractivity contribution >= 4 is 0 Å². The fourth-order valence-corrected chi connectivity index (χ4v) is 1.97. The molecular weight excluding hydrogens is 212 g/mol. The minimum atomic E-state index is 0.0281. The Labute approximate surface area is 102 Å². The molecule has 0 radical (unpaired) electrons. The Bertz CT molecular complexity index is 490. The Kier molecular flexibility index (Phi) is 3.54. The highest BCUT2D eigenvalue weighted by molar-refractivity contribution is 5.22. The van der Waals surface area contributed by atoms with Gasteiger partial charge in [-0.3, -0.25) is 4.98 Å². The molecule has 0 bridgehead atoms. The van der Waals surface area contributed by atoms with E-state index in [9.17, 15) is 0 Å². The summed E-state index contributed by atoms with van der Waals surface area (Å²) >= 11 is 0. The SMILES string of the molecule is Cc1ncccc1C(N)CCc1nccn1C. The minimum absolute atomic E-state index is 0.0281. The van der Waals surface area contributed by atoms with E-state index in [1.807, 2.05) is 43.1 Å². The molecule has 2 aromatic rings. The van der Waals surface area contributed by atoms with Crippen molar-refractivity contribution in [3.63, 3.8) is 0 Å². The summed E-state index contributed by atoms with van der Waals surface area (Å²) in [5, 5.41) is 0. The average Bonchev–Trinajstić information content (AvgIpc) is 2.72. The molecule has 0 amide bonds. The van der Waals surface area contributed by atoms with Gasteiger partial charge in [-0.2, -0.15) is 0 Å². The van der Waals surface area contributed by atoms with Crippen LogP contribution in [0.25, 0.3) is 0 Å². The van der Waals surface area contributed by atoms with Crippen LogP contribution in [0, 0.1) is 6.92 Å². The molecule has 4 heteroatoms. The summed E-state index contributed by atoms with van der Waals surface area (Å²) in [6.45, 7) is 2.00. The minimum Gasteiger partial charge on any atom is -0.338 e. The molecule has 90 valence electrons. The van der Waals surface area contributed by atoms with Gasteiger partial charge in [-0.15, -0.1) is 0 Å². The maximum atomic E-state index is 6.19. The zero-order chi connectivity index (χ0) is 12.3. The predicted octanol–water partition coefficient (Wildman–Crippen LogP) is 1.76. The smallest absolute Gasteiger partial charge is 0.108 e. The van der Waals surface area contributed by atoms with Gasteiger partial charge >= 0.3 is 0 Å². The first-order valence-electron chi connectivity index (χ1n) is 5.82. The molecule has 2 rings (SSSR count). The molecule has 0 aromatic carbocycles. The fourth-order valence-electron chi connectivity index (χ4n) is 1.97. The molecule has 4 nitrogen and oxygen atoms in total. The lowest BCUT2D eigenvalue weighted by atomic mass is 10.0. The molecule has 0 aliphatic rings. The Morgan fingerprint density at radius 2 is 2.18 bits per heavy atom. The molecule has 17 heavy (non-hydrogen) atoms. The Balaban J connectivity index is 2.01. The van der Waals surface area contributed by atoms with Gasteiger partial charge in [0, 0.05) is 43.8 Å². The first-order valence-corrected chi connectivity index (χ1v) is 5.82. The zero-order valence-electron chi connectivity index (χ0n) is 10.3. The van der Waals surface area contributed by atoms with E-state index in [1.165, 1.54) is 0 Å². The maximum Gasteiger partial charge on any atom is 0.108 e. The maximum absolute atomic E-state index is 6.19. The van der Waals surface area contributed by atoms with E-state index in [2.05, 4.69) is 9.97 Å². The van der Waals surface area contributed by atoms with Gasteiger partial charge in [0.05, 0.1) is 0 Å². The first-order chi connectivity index (χ1) is 8.18. The second-order valence-electron chi connectivity index (χ2n) is 4.28. The molecule has 2 aromatic heterocycles. The second-order valence-corrected chi connectivity index (χ2v) is 4.28. The lowest BCUT2D eigenvalue weighted by Crippen LogP contribution is -2.14. The van der Waals surface area contributed by atoms with Crippen LogP contribution in [0.3, 0.4) is 0 Å². The van der Waals surface area contributed by atoms with Gasteiger partial charge in [0.25, 0.3) is 0 Å². The predicted molar refractivity (Wildman–Crippen MR) is 67.4 cm³/mol. The highest BCUT2D eigenvalue weighted by Gasteiger charge is 2.10. The van der Waals surface area contributed by atoms with E-state index >= 15 is 0 Å². The summed E-state index contributed by atoms with van der Waals surface area (Å²) in [7, 11) is 2.00. The van der Waals surface area contributed by atoms with Crippen LogP contribution in [-0.2, 0) is 13.5 Å². The van der Waals surface area contributed by atoms with E-state index in [0.29, 0.717) is 0 Å². The van der Waals surface area contributed by atoms with Gasteiger partial charge in [-0.25, -0.2) is 4.98 Å². The van der Waals surface area contributed by atoms with Gasteiger partial charge < -0.3 is 10.3 Å². The third-order valence-corrected chi connectivity index (χ3v) is 3.05. The largest absolute Gasteiger partial charge is 0.338 e. The van der Waals surface area contributed by atoms with Crippen molar-refractivity contribution in [3.8, 4) is 0 Å².